The summed E-state index contributed by atoms with van der Waals surface area (Å²) >= 11 is 3.45. The van der Waals surface area contributed by atoms with Crippen LogP contribution < -0.4 is 16.0 Å². The van der Waals surface area contributed by atoms with Crippen molar-refractivity contribution in [3.63, 3.8) is 0 Å². The van der Waals surface area contributed by atoms with Gasteiger partial charge in [-0.15, -0.1) is 0 Å². The Bertz CT molecular complexity index is 1490. The first-order valence-electron chi connectivity index (χ1n) is 16.8. The number of ether oxygens (including phenoxy) is 1. The number of likely N-dealkylation sites (tertiary alicyclic amines) is 1. The van der Waals surface area contributed by atoms with Crippen molar-refractivity contribution in [2.75, 3.05) is 39.4 Å². The molecule has 1 aliphatic carbocycles. The number of piperidine rings is 1. The van der Waals surface area contributed by atoms with Gasteiger partial charge in [0.25, 0.3) is 5.91 Å². The second-order valence-corrected chi connectivity index (χ2v) is 14.2. The predicted molar refractivity (Wildman–Crippen MR) is 180 cm³/mol. The zero-order chi connectivity index (χ0) is 31.9. The molecule has 2 aromatic carbocycles. The zero-order valence-corrected chi connectivity index (χ0v) is 28.0. The van der Waals surface area contributed by atoms with Crippen molar-refractivity contribution in [1.82, 2.24) is 20.9 Å². The Morgan fingerprint density at radius 1 is 0.935 bits per heavy atom. The van der Waals surface area contributed by atoms with E-state index >= 15 is 0 Å². The fourth-order valence-corrected chi connectivity index (χ4v) is 7.56. The van der Waals surface area contributed by atoms with E-state index in [1.165, 1.54) is 0 Å². The number of carbonyl (C=O) groups is 3. The maximum Gasteiger partial charge on any atom is 0.287 e. The molecule has 0 radical (unpaired) electrons. The van der Waals surface area contributed by atoms with Gasteiger partial charge in [0.1, 0.15) is 17.2 Å². The molecule has 2 saturated heterocycles. The standard InChI is InChI=1S/C36H45BrN4O5/c37-29-8-9-31-28(21-29)22-32(46-31)34(43)40-36(14-4-5-15-36)35(44)39-30(20-25-6-2-1-3-7-25)33(42)38-23-26-10-16-41(17-11-26)24-27-12-18-45-19-13-27/h1-3,6-9,21-22,26-27,30H,4-5,10-20,23-24H2,(H,38,42)(H,39,44)(H,40,43)/t30-/m1/s1. The highest BCUT2D eigenvalue weighted by Gasteiger charge is 2.44. The number of benzene rings is 2. The van der Waals surface area contributed by atoms with Crippen LogP contribution in [0.15, 0.2) is 63.5 Å². The Hall–Kier alpha value is -3.21. The quantitative estimate of drug-likeness (QED) is 0.254. The molecule has 1 saturated carbocycles. The van der Waals surface area contributed by atoms with Crippen molar-refractivity contribution >= 4 is 44.6 Å². The van der Waals surface area contributed by atoms with Gasteiger partial charge in [-0.05, 0) is 93.3 Å². The van der Waals surface area contributed by atoms with Crippen LogP contribution in [0.3, 0.4) is 0 Å². The van der Waals surface area contributed by atoms with Gasteiger partial charge in [0, 0.05) is 42.6 Å². The normalized spacial score (nSPS) is 19.9. The molecule has 3 fully saturated rings. The lowest BCUT2D eigenvalue weighted by molar-refractivity contribution is -0.132. The van der Waals surface area contributed by atoms with E-state index in [0.29, 0.717) is 37.3 Å². The number of nitrogens with one attached hydrogen (secondary N) is 3. The minimum absolute atomic E-state index is 0.157. The molecule has 6 rings (SSSR count). The van der Waals surface area contributed by atoms with Crippen molar-refractivity contribution < 1.29 is 23.5 Å². The van der Waals surface area contributed by atoms with Gasteiger partial charge in [-0.3, -0.25) is 14.4 Å². The molecule has 246 valence electrons. The van der Waals surface area contributed by atoms with Crippen molar-refractivity contribution in [3.8, 4) is 0 Å². The highest BCUT2D eigenvalue weighted by Crippen LogP contribution is 2.32. The third-order valence-electron chi connectivity index (χ3n) is 9.98. The molecular formula is C36H45BrN4O5. The topological polar surface area (TPSA) is 113 Å². The second-order valence-electron chi connectivity index (χ2n) is 13.3. The molecule has 3 N–H and O–H groups in total. The van der Waals surface area contributed by atoms with Gasteiger partial charge < -0.3 is 30.0 Å². The summed E-state index contributed by atoms with van der Waals surface area (Å²) in [5.74, 6) is 0.342. The first-order valence-corrected chi connectivity index (χ1v) is 17.6. The molecule has 3 aromatic rings. The van der Waals surface area contributed by atoms with E-state index in [-0.39, 0.29) is 17.6 Å². The van der Waals surface area contributed by atoms with Gasteiger partial charge in [0.05, 0.1) is 0 Å². The summed E-state index contributed by atoms with van der Waals surface area (Å²) in [5, 5.41) is 10.0. The largest absolute Gasteiger partial charge is 0.451 e. The van der Waals surface area contributed by atoms with Gasteiger partial charge in [0.2, 0.25) is 11.8 Å². The van der Waals surface area contributed by atoms with Crippen molar-refractivity contribution in [2.45, 2.75) is 69.4 Å². The van der Waals surface area contributed by atoms with E-state index < -0.39 is 17.5 Å². The van der Waals surface area contributed by atoms with Crippen LogP contribution in [0.5, 0.6) is 0 Å². The maximum absolute atomic E-state index is 14.0. The third kappa shape index (κ3) is 8.19. The van der Waals surface area contributed by atoms with Crippen LogP contribution in [0.4, 0.5) is 0 Å². The monoisotopic (exact) mass is 692 g/mol. The molecule has 0 unspecified atom stereocenters. The van der Waals surface area contributed by atoms with E-state index in [1.54, 1.807) is 12.1 Å². The lowest BCUT2D eigenvalue weighted by Crippen LogP contribution is -2.61. The van der Waals surface area contributed by atoms with Crippen LogP contribution in [-0.4, -0.2) is 73.6 Å². The number of fused-ring (bicyclic) bond motifs is 1. The fourth-order valence-electron chi connectivity index (χ4n) is 7.18. The minimum atomic E-state index is -1.11. The fraction of sp³-hybridized carbons (Fsp3) is 0.528. The van der Waals surface area contributed by atoms with Gasteiger partial charge in [-0.2, -0.15) is 0 Å². The number of hydrogen-bond acceptors (Lipinski definition) is 6. The summed E-state index contributed by atoms with van der Waals surface area (Å²) in [7, 11) is 0. The summed E-state index contributed by atoms with van der Waals surface area (Å²) < 4.78 is 12.2. The van der Waals surface area contributed by atoms with Crippen LogP contribution in [0, 0.1) is 11.8 Å². The smallest absolute Gasteiger partial charge is 0.287 e. The summed E-state index contributed by atoms with van der Waals surface area (Å²) in [4.78, 5) is 43.7. The number of hydrogen-bond donors (Lipinski definition) is 3. The summed E-state index contributed by atoms with van der Waals surface area (Å²) in [6, 6.07) is 16.2. The van der Waals surface area contributed by atoms with Crippen LogP contribution in [0.1, 0.15) is 67.5 Å². The highest BCUT2D eigenvalue weighted by atomic mass is 79.9. The highest BCUT2D eigenvalue weighted by molar-refractivity contribution is 9.10. The van der Waals surface area contributed by atoms with Crippen molar-refractivity contribution in [3.05, 3.63) is 70.4 Å². The summed E-state index contributed by atoms with van der Waals surface area (Å²) in [6.45, 7) is 5.58. The van der Waals surface area contributed by atoms with Crippen molar-refractivity contribution in [1.29, 1.82) is 0 Å². The van der Waals surface area contributed by atoms with Crippen LogP contribution >= 0.6 is 15.9 Å². The lowest BCUT2D eigenvalue weighted by atomic mass is 9.93. The third-order valence-corrected chi connectivity index (χ3v) is 10.5. The Kier molecular flexibility index (Phi) is 10.8. The first kappa shape index (κ1) is 32.7. The second kappa shape index (κ2) is 15.1. The molecule has 3 amide bonds. The number of amides is 3. The number of nitrogens with zero attached hydrogens (tertiary/aromatic N) is 1. The van der Waals surface area contributed by atoms with Crippen LogP contribution in [0.2, 0.25) is 0 Å². The van der Waals surface area contributed by atoms with Gasteiger partial charge in [-0.1, -0.05) is 59.1 Å². The van der Waals surface area contributed by atoms with E-state index in [1.807, 2.05) is 42.5 Å². The van der Waals surface area contributed by atoms with Crippen LogP contribution in [-0.2, 0) is 20.7 Å². The SMILES string of the molecule is O=C(NC1(C(=O)N[C@H](Cc2ccccc2)C(=O)NCC2CCN(CC3CCOCC3)CC2)CCCC1)c1cc2cc(Br)ccc2o1. The molecule has 9 nitrogen and oxygen atoms in total. The molecule has 0 spiro atoms. The Morgan fingerprint density at radius 3 is 2.41 bits per heavy atom. The number of rotatable bonds is 11. The molecule has 10 heteroatoms. The van der Waals surface area contributed by atoms with Crippen molar-refractivity contribution in [2.24, 2.45) is 11.8 Å². The summed E-state index contributed by atoms with van der Waals surface area (Å²) in [5.41, 5.74) is 0.452. The lowest BCUT2D eigenvalue weighted by Gasteiger charge is -2.35. The molecule has 1 atom stereocenters. The molecular weight excluding hydrogens is 648 g/mol. The Morgan fingerprint density at radius 2 is 1.67 bits per heavy atom. The Balaban J connectivity index is 1.08. The average Bonchev–Trinajstić information content (AvgIpc) is 3.73. The molecule has 46 heavy (non-hydrogen) atoms. The molecule has 1 aromatic heterocycles. The molecule has 0 bridgehead atoms. The van der Waals surface area contributed by atoms with E-state index in [2.05, 4.69) is 36.8 Å². The molecule has 3 aliphatic rings. The van der Waals surface area contributed by atoms with Gasteiger partial charge >= 0.3 is 0 Å². The predicted octanol–water partition coefficient (Wildman–Crippen LogP) is 5.22. The number of halogens is 1. The van der Waals surface area contributed by atoms with Gasteiger partial charge in [0.15, 0.2) is 5.76 Å². The van der Waals surface area contributed by atoms with E-state index in [4.69, 9.17) is 9.15 Å². The van der Waals surface area contributed by atoms with E-state index in [0.717, 1.165) is 92.7 Å². The molecule has 3 heterocycles. The first-order chi connectivity index (χ1) is 22.4. The summed E-state index contributed by atoms with van der Waals surface area (Å²) in [6.07, 6.45) is 7.38. The zero-order valence-electron chi connectivity index (χ0n) is 26.4. The number of furan rings is 1. The average molecular weight is 694 g/mol. The molecule has 2 aliphatic heterocycles. The van der Waals surface area contributed by atoms with Gasteiger partial charge in [-0.25, -0.2) is 0 Å². The van der Waals surface area contributed by atoms with Crippen LogP contribution in [0.25, 0.3) is 11.0 Å². The minimum Gasteiger partial charge on any atom is -0.451 e. The Labute approximate surface area is 279 Å². The number of carbonyl (C=O) groups excluding carboxylic acids is 3. The van der Waals surface area contributed by atoms with E-state index in [9.17, 15) is 14.4 Å². The maximum atomic E-state index is 14.0.